The molecule has 29 heavy (non-hydrogen) atoms. The van der Waals surface area contributed by atoms with E-state index in [4.69, 9.17) is 4.74 Å². The third-order valence-electron chi connectivity index (χ3n) is 5.41. The summed E-state index contributed by atoms with van der Waals surface area (Å²) in [7, 11) is 1.41. The van der Waals surface area contributed by atoms with Crippen LogP contribution in [0.2, 0.25) is 0 Å². The Labute approximate surface area is 172 Å². The molecular formula is C25H29FO3. The molecule has 0 saturated heterocycles. The molecular weight excluding hydrogens is 367 g/mol. The predicted molar refractivity (Wildman–Crippen MR) is 114 cm³/mol. The fourth-order valence-corrected chi connectivity index (χ4v) is 3.68. The number of alkyl halides is 1. The molecule has 0 aromatic heterocycles. The second-order valence-corrected chi connectivity index (χ2v) is 7.65. The zero-order valence-electron chi connectivity index (χ0n) is 17.2. The smallest absolute Gasteiger partial charge is 0.305 e. The monoisotopic (exact) mass is 396 g/mol. The maximum atomic E-state index is 14.0. The Morgan fingerprint density at radius 2 is 1.83 bits per heavy atom. The number of allylic oxidation sites excluding steroid dienone is 1. The Morgan fingerprint density at radius 1 is 1.10 bits per heavy atom. The van der Waals surface area contributed by atoms with Crippen LogP contribution in [0.25, 0.3) is 5.57 Å². The molecule has 1 atom stereocenters. The number of methoxy groups -OCH3 is 1. The predicted octanol–water partition coefficient (Wildman–Crippen LogP) is 5.85. The molecule has 0 fully saturated rings. The summed E-state index contributed by atoms with van der Waals surface area (Å²) in [5, 5.41) is 0. The third-order valence-corrected chi connectivity index (χ3v) is 5.41. The van der Waals surface area contributed by atoms with E-state index in [1.807, 2.05) is 24.3 Å². The van der Waals surface area contributed by atoms with E-state index < -0.39 is 6.17 Å². The normalized spacial score (nSPS) is 16.6. The van der Waals surface area contributed by atoms with Gasteiger partial charge in [-0.05, 0) is 67.0 Å². The summed E-state index contributed by atoms with van der Waals surface area (Å²) in [5.74, 6) is 0.597. The lowest BCUT2D eigenvalue weighted by Gasteiger charge is -2.24. The molecule has 1 aliphatic rings. The van der Waals surface area contributed by atoms with Gasteiger partial charge < -0.3 is 9.47 Å². The van der Waals surface area contributed by atoms with Gasteiger partial charge in [-0.1, -0.05) is 42.0 Å². The molecule has 0 saturated carbocycles. The van der Waals surface area contributed by atoms with Crippen molar-refractivity contribution in [2.75, 3.05) is 13.7 Å². The number of benzene rings is 2. The highest BCUT2D eigenvalue weighted by Crippen LogP contribution is 2.34. The molecule has 2 aromatic carbocycles. The molecule has 3 nitrogen and oxygen atoms in total. The summed E-state index contributed by atoms with van der Waals surface area (Å²) in [6.07, 6.45) is 2.98. The first-order chi connectivity index (χ1) is 14.0. The zero-order valence-corrected chi connectivity index (χ0v) is 17.2. The van der Waals surface area contributed by atoms with Crippen molar-refractivity contribution >= 4 is 11.5 Å². The van der Waals surface area contributed by atoms with E-state index >= 15 is 0 Å². The van der Waals surface area contributed by atoms with Crippen LogP contribution in [-0.2, 0) is 16.0 Å². The summed E-state index contributed by atoms with van der Waals surface area (Å²) in [5.41, 5.74) is 5.82. The van der Waals surface area contributed by atoms with Gasteiger partial charge in [-0.2, -0.15) is 0 Å². The summed E-state index contributed by atoms with van der Waals surface area (Å²) in [4.78, 5) is 11.2. The summed E-state index contributed by atoms with van der Waals surface area (Å²) >= 11 is 0. The molecule has 3 rings (SSSR count). The van der Waals surface area contributed by atoms with E-state index in [0.29, 0.717) is 25.9 Å². The lowest BCUT2D eigenvalue weighted by atomic mass is 9.86. The number of carbonyl (C=O) groups is 1. The SMILES string of the molecule is COC(=O)CCCc1ccc(OCC2=C(c3ccc(C)cc3)CCC(F)C2)cc1. The Balaban J connectivity index is 1.62. The molecule has 4 heteroatoms. The first-order valence-corrected chi connectivity index (χ1v) is 10.3. The van der Waals surface area contributed by atoms with Gasteiger partial charge in [0, 0.05) is 12.8 Å². The molecule has 1 aliphatic carbocycles. The largest absolute Gasteiger partial charge is 0.489 e. The van der Waals surface area contributed by atoms with E-state index in [1.165, 1.54) is 23.8 Å². The van der Waals surface area contributed by atoms with Gasteiger partial charge in [-0.15, -0.1) is 0 Å². The van der Waals surface area contributed by atoms with E-state index in [9.17, 15) is 9.18 Å². The topological polar surface area (TPSA) is 35.5 Å². The number of esters is 1. The van der Waals surface area contributed by atoms with Crippen LogP contribution in [0, 0.1) is 6.92 Å². The molecule has 154 valence electrons. The van der Waals surface area contributed by atoms with Crippen molar-refractivity contribution < 1.29 is 18.7 Å². The van der Waals surface area contributed by atoms with Gasteiger partial charge in [0.25, 0.3) is 0 Å². The first-order valence-electron chi connectivity index (χ1n) is 10.3. The number of rotatable bonds is 8. The molecule has 0 bridgehead atoms. The van der Waals surface area contributed by atoms with Crippen LogP contribution >= 0.6 is 0 Å². The number of aryl methyl sites for hydroxylation is 2. The van der Waals surface area contributed by atoms with Crippen molar-refractivity contribution in [1.82, 2.24) is 0 Å². The molecule has 0 heterocycles. The second-order valence-electron chi connectivity index (χ2n) is 7.65. The molecule has 0 spiro atoms. The lowest BCUT2D eigenvalue weighted by Crippen LogP contribution is -2.15. The van der Waals surface area contributed by atoms with Gasteiger partial charge in [0.05, 0.1) is 7.11 Å². The van der Waals surface area contributed by atoms with Crippen molar-refractivity contribution in [3.8, 4) is 5.75 Å². The highest BCUT2D eigenvalue weighted by Gasteiger charge is 2.22. The number of hydrogen-bond acceptors (Lipinski definition) is 3. The van der Waals surface area contributed by atoms with Crippen LogP contribution in [0.5, 0.6) is 5.75 Å². The molecule has 0 aliphatic heterocycles. The van der Waals surface area contributed by atoms with Gasteiger partial charge in [0.15, 0.2) is 0 Å². The van der Waals surface area contributed by atoms with E-state index in [-0.39, 0.29) is 5.97 Å². The standard InChI is InChI=1S/C25H29FO3/c1-18-6-10-20(11-7-18)24-15-12-22(26)16-21(24)17-29-23-13-8-19(9-14-23)4-3-5-25(27)28-2/h6-11,13-14,22H,3-5,12,15-17H2,1-2H3. The van der Waals surface area contributed by atoms with Crippen LogP contribution in [0.15, 0.2) is 54.1 Å². The van der Waals surface area contributed by atoms with Gasteiger partial charge in [-0.3, -0.25) is 4.79 Å². The quantitative estimate of drug-likeness (QED) is 0.526. The van der Waals surface area contributed by atoms with Crippen molar-refractivity contribution in [3.05, 3.63) is 70.8 Å². The highest BCUT2D eigenvalue weighted by molar-refractivity contribution is 5.70. The van der Waals surface area contributed by atoms with Gasteiger partial charge in [0.1, 0.15) is 18.5 Å². The minimum absolute atomic E-state index is 0.179. The minimum Gasteiger partial charge on any atom is -0.489 e. The van der Waals surface area contributed by atoms with E-state index in [1.54, 1.807) is 0 Å². The zero-order chi connectivity index (χ0) is 20.6. The van der Waals surface area contributed by atoms with Crippen molar-refractivity contribution in [2.24, 2.45) is 0 Å². The number of ether oxygens (including phenoxy) is 2. The average Bonchev–Trinajstić information content (AvgIpc) is 2.74. The number of carbonyl (C=O) groups excluding carboxylic acids is 1. The van der Waals surface area contributed by atoms with E-state index in [2.05, 4.69) is 35.9 Å². The Hall–Kier alpha value is -2.62. The van der Waals surface area contributed by atoms with Gasteiger partial charge in [0.2, 0.25) is 0 Å². The third kappa shape index (κ3) is 6.18. The van der Waals surface area contributed by atoms with Crippen LogP contribution in [0.4, 0.5) is 4.39 Å². The van der Waals surface area contributed by atoms with Gasteiger partial charge >= 0.3 is 5.97 Å². The van der Waals surface area contributed by atoms with Crippen molar-refractivity contribution in [3.63, 3.8) is 0 Å². The summed E-state index contributed by atoms with van der Waals surface area (Å²) < 4.78 is 24.7. The minimum atomic E-state index is -0.792. The molecule has 2 aromatic rings. The highest BCUT2D eigenvalue weighted by atomic mass is 19.1. The van der Waals surface area contributed by atoms with Crippen LogP contribution in [-0.4, -0.2) is 25.9 Å². The number of hydrogen-bond donors (Lipinski definition) is 0. The first kappa shape index (κ1) is 21.1. The van der Waals surface area contributed by atoms with Crippen molar-refractivity contribution in [1.29, 1.82) is 0 Å². The fourth-order valence-electron chi connectivity index (χ4n) is 3.68. The number of halogens is 1. The Bertz CT molecular complexity index is 837. The second kappa shape index (κ2) is 10.2. The lowest BCUT2D eigenvalue weighted by molar-refractivity contribution is -0.140. The molecule has 0 radical (unpaired) electrons. The average molecular weight is 397 g/mol. The van der Waals surface area contributed by atoms with E-state index in [0.717, 1.165) is 36.1 Å². The van der Waals surface area contributed by atoms with Crippen LogP contribution in [0.3, 0.4) is 0 Å². The molecule has 0 amide bonds. The fraction of sp³-hybridized carbons (Fsp3) is 0.400. The van der Waals surface area contributed by atoms with Crippen LogP contribution < -0.4 is 4.74 Å². The summed E-state index contributed by atoms with van der Waals surface area (Å²) in [6.45, 7) is 2.48. The molecule has 0 N–H and O–H groups in total. The Morgan fingerprint density at radius 3 is 2.52 bits per heavy atom. The van der Waals surface area contributed by atoms with Crippen molar-refractivity contribution in [2.45, 2.75) is 51.6 Å². The maximum Gasteiger partial charge on any atom is 0.305 e. The van der Waals surface area contributed by atoms with Crippen LogP contribution in [0.1, 0.15) is 48.8 Å². The van der Waals surface area contributed by atoms with Gasteiger partial charge in [-0.25, -0.2) is 4.39 Å². The summed E-state index contributed by atoms with van der Waals surface area (Å²) in [6, 6.07) is 16.3. The molecule has 1 unspecified atom stereocenters. The Kier molecular flexibility index (Phi) is 7.45. The maximum absolute atomic E-state index is 14.0.